The van der Waals surface area contributed by atoms with Crippen LogP contribution in [0.5, 0.6) is 11.5 Å². The van der Waals surface area contributed by atoms with Gasteiger partial charge in [-0.3, -0.25) is 9.59 Å². The molecule has 1 N–H and O–H groups in total. The SMILES string of the molecule is O=C1CC(CCc2ccc3c(c2)OCO3)CC(=O)C1=CO. The molecule has 0 bridgehead atoms. The highest BCUT2D eigenvalue weighted by Gasteiger charge is 2.30. The molecule has 5 nitrogen and oxygen atoms in total. The van der Waals surface area contributed by atoms with Gasteiger partial charge in [0.1, 0.15) is 0 Å². The highest BCUT2D eigenvalue weighted by molar-refractivity contribution is 6.21. The Balaban J connectivity index is 1.61. The summed E-state index contributed by atoms with van der Waals surface area (Å²) < 4.78 is 10.6. The Morgan fingerprint density at radius 3 is 2.57 bits per heavy atom. The monoisotopic (exact) mass is 288 g/mol. The van der Waals surface area contributed by atoms with Crippen molar-refractivity contribution < 1.29 is 24.2 Å². The minimum atomic E-state index is -0.260. The molecule has 21 heavy (non-hydrogen) atoms. The Kier molecular flexibility index (Phi) is 3.64. The van der Waals surface area contributed by atoms with Crippen molar-refractivity contribution in [2.45, 2.75) is 25.7 Å². The maximum absolute atomic E-state index is 11.7. The molecular weight excluding hydrogens is 272 g/mol. The van der Waals surface area contributed by atoms with Crippen LogP contribution >= 0.6 is 0 Å². The van der Waals surface area contributed by atoms with Gasteiger partial charge in [-0.1, -0.05) is 6.07 Å². The third-order valence-electron chi connectivity index (χ3n) is 3.96. The van der Waals surface area contributed by atoms with Crippen molar-refractivity contribution in [2.24, 2.45) is 5.92 Å². The van der Waals surface area contributed by atoms with Gasteiger partial charge in [0, 0.05) is 12.8 Å². The molecular formula is C16H16O5. The molecule has 1 aliphatic carbocycles. The summed E-state index contributed by atoms with van der Waals surface area (Å²) in [4.78, 5) is 23.5. The molecule has 0 unspecified atom stereocenters. The summed E-state index contributed by atoms with van der Waals surface area (Å²) in [6, 6.07) is 5.79. The molecule has 0 atom stereocenters. The van der Waals surface area contributed by atoms with E-state index in [0.29, 0.717) is 19.1 Å². The van der Waals surface area contributed by atoms with Crippen molar-refractivity contribution in [3.63, 3.8) is 0 Å². The van der Waals surface area contributed by atoms with Gasteiger partial charge in [0.2, 0.25) is 6.79 Å². The number of rotatable bonds is 3. The van der Waals surface area contributed by atoms with Crippen LogP contribution < -0.4 is 9.47 Å². The minimum absolute atomic E-state index is 0.0409. The van der Waals surface area contributed by atoms with Crippen LogP contribution in [0.25, 0.3) is 0 Å². The lowest BCUT2D eigenvalue weighted by Crippen LogP contribution is -2.26. The van der Waals surface area contributed by atoms with Crippen LogP contribution in [0.1, 0.15) is 24.8 Å². The van der Waals surface area contributed by atoms with E-state index >= 15 is 0 Å². The van der Waals surface area contributed by atoms with Crippen molar-refractivity contribution in [1.29, 1.82) is 0 Å². The van der Waals surface area contributed by atoms with Gasteiger partial charge in [-0.05, 0) is 36.5 Å². The summed E-state index contributed by atoms with van der Waals surface area (Å²) in [6.45, 7) is 0.251. The molecule has 3 rings (SSSR count). The average Bonchev–Trinajstić information content (AvgIpc) is 2.92. The number of aliphatic hydroxyl groups excluding tert-OH is 1. The molecule has 0 radical (unpaired) electrons. The zero-order valence-corrected chi connectivity index (χ0v) is 11.5. The first-order chi connectivity index (χ1) is 10.2. The molecule has 5 heteroatoms. The van der Waals surface area contributed by atoms with Gasteiger partial charge in [0.05, 0.1) is 11.8 Å². The van der Waals surface area contributed by atoms with Crippen molar-refractivity contribution in [1.82, 2.24) is 0 Å². The molecule has 1 heterocycles. The smallest absolute Gasteiger partial charge is 0.231 e. The van der Waals surface area contributed by atoms with Crippen molar-refractivity contribution in [2.75, 3.05) is 6.79 Å². The first-order valence-corrected chi connectivity index (χ1v) is 6.96. The van der Waals surface area contributed by atoms with E-state index in [4.69, 9.17) is 14.6 Å². The Morgan fingerprint density at radius 2 is 1.86 bits per heavy atom. The maximum atomic E-state index is 11.7. The van der Waals surface area contributed by atoms with E-state index in [9.17, 15) is 9.59 Å². The van der Waals surface area contributed by atoms with E-state index < -0.39 is 0 Å². The second-order valence-corrected chi connectivity index (χ2v) is 5.39. The molecule has 110 valence electrons. The summed E-state index contributed by atoms with van der Waals surface area (Å²) in [5, 5.41) is 8.89. The lowest BCUT2D eigenvalue weighted by Gasteiger charge is -2.21. The molecule has 1 aliphatic heterocycles. The maximum Gasteiger partial charge on any atom is 0.231 e. The molecule has 0 saturated heterocycles. The Bertz CT molecular complexity index is 597. The normalized spacial score (nSPS) is 20.8. The predicted molar refractivity (Wildman–Crippen MR) is 74.3 cm³/mol. The predicted octanol–water partition coefficient (Wildman–Crippen LogP) is 2.34. The number of fused-ring (bicyclic) bond motifs is 1. The van der Waals surface area contributed by atoms with Crippen LogP contribution in [0.4, 0.5) is 0 Å². The molecule has 1 aromatic rings. The van der Waals surface area contributed by atoms with Crippen LogP contribution in [0.3, 0.4) is 0 Å². The number of aliphatic hydroxyl groups is 1. The number of hydrogen-bond acceptors (Lipinski definition) is 5. The summed E-state index contributed by atoms with van der Waals surface area (Å²) in [6.07, 6.45) is 2.82. The summed E-state index contributed by atoms with van der Waals surface area (Å²) >= 11 is 0. The lowest BCUT2D eigenvalue weighted by atomic mass is 9.81. The lowest BCUT2D eigenvalue weighted by molar-refractivity contribution is -0.125. The second-order valence-electron chi connectivity index (χ2n) is 5.39. The van der Waals surface area contributed by atoms with Gasteiger partial charge >= 0.3 is 0 Å². The van der Waals surface area contributed by atoms with Gasteiger partial charge in [-0.25, -0.2) is 0 Å². The number of carbonyl (C=O) groups is 2. The van der Waals surface area contributed by atoms with Crippen LogP contribution in [-0.2, 0) is 16.0 Å². The highest BCUT2D eigenvalue weighted by Crippen LogP contribution is 2.33. The number of carbonyl (C=O) groups excluding carboxylic acids is 2. The topological polar surface area (TPSA) is 72.8 Å². The van der Waals surface area contributed by atoms with Gasteiger partial charge in [0.25, 0.3) is 0 Å². The quantitative estimate of drug-likeness (QED) is 0.525. The van der Waals surface area contributed by atoms with Gasteiger partial charge in [0.15, 0.2) is 23.1 Å². The van der Waals surface area contributed by atoms with E-state index in [1.54, 1.807) is 0 Å². The standard InChI is InChI=1S/C16H16O5/c17-8-12-13(18)5-11(6-14(12)19)2-1-10-3-4-15-16(7-10)21-9-20-15/h3-4,7-8,11,17H,1-2,5-6,9H2. The number of ether oxygens (including phenoxy) is 2. The molecule has 0 spiro atoms. The van der Waals surface area contributed by atoms with Gasteiger partial charge < -0.3 is 14.6 Å². The molecule has 2 aliphatic rings. The fraction of sp³-hybridized carbons (Fsp3) is 0.375. The van der Waals surface area contributed by atoms with E-state index in [0.717, 1.165) is 29.9 Å². The number of aryl methyl sites for hydroxylation is 1. The number of Topliss-reactive ketones (excluding diaryl/α,β-unsaturated/α-hetero) is 2. The second kappa shape index (κ2) is 5.60. The van der Waals surface area contributed by atoms with E-state index in [1.165, 1.54) is 0 Å². The fourth-order valence-electron chi connectivity index (χ4n) is 2.79. The van der Waals surface area contributed by atoms with Crippen molar-refractivity contribution >= 4 is 11.6 Å². The van der Waals surface area contributed by atoms with Crippen molar-refractivity contribution in [3.05, 3.63) is 35.6 Å². The number of benzene rings is 1. The fourth-order valence-corrected chi connectivity index (χ4v) is 2.79. The zero-order valence-electron chi connectivity index (χ0n) is 11.5. The summed E-state index contributed by atoms with van der Waals surface area (Å²) in [7, 11) is 0. The third-order valence-corrected chi connectivity index (χ3v) is 3.96. The van der Waals surface area contributed by atoms with Gasteiger partial charge in [-0.15, -0.1) is 0 Å². The average molecular weight is 288 g/mol. The molecule has 1 saturated carbocycles. The van der Waals surface area contributed by atoms with Crippen LogP contribution in [0.15, 0.2) is 30.0 Å². The largest absolute Gasteiger partial charge is 0.515 e. The molecule has 1 aromatic carbocycles. The highest BCUT2D eigenvalue weighted by atomic mass is 16.7. The van der Waals surface area contributed by atoms with Crippen LogP contribution in [0.2, 0.25) is 0 Å². The van der Waals surface area contributed by atoms with Crippen LogP contribution in [0, 0.1) is 5.92 Å². The first kappa shape index (κ1) is 13.7. The first-order valence-electron chi connectivity index (χ1n) is 6.96. The zero-order chi connectivity index (χ0) is 14.8. The number of hydrogen-bond donors (Lipinski definition) is 1. The number of ketones is 2. The Hall–Kier alpha value is -2.30. The summed E-state index contributed by atoms with van der Waals surface area (Å²) in [5.41, 5.74) is 1.04. The molecule has 0 aromatic heterocycles. The van der Waals surface area contributed by atoms with E-state index in [-0.39, 0.29) is 29.9 Å². The van der Waals surface area contributed by atoms with Gasteiger partial charge in [-0.2, -0.15) is 0 Å². The third kappa shape index (κ3) is 2.77. The number of allylic oxidation sites excluding steroid dienone is 1. The molecule has 0 amide bonds. The van der Waals surface area contributed by atoms with E-state index in [2.05, 4.69) is 0 Å². The Labute approximate surface area is 122 Å². The molecule has 1 fully saturated rings. The van der Waals surface area contributed by atoms with Crippen molar-refractivity contribution in [3.8, 4) is 11.5 Å². The minimum Gasteiger partial charge on any atom is -0.515 e. The Morgan fingerprint density at radius 1 is 1.14 bits per heavy atom. The summed E-state index contributed by atoms with van der Waals surface area (Å²) in [5.74, 6) is 1.02. The van der Waals surface area contributed by atoms with E-state index in [1.807, 2.05) is 18.2 Å². The van der Waals surface area contributed by atoms with Crippen LogP contribution in [-0.4, -0.2) is 23.5 Å².